The van der Waals surface area contributed by atoms with Crippen molar-refractivity contribution in [2.45, 2.75) is 65.4 Å². The second-order valence-electron chi connectivity index (χ2n) is 7.22. The first kappa shape index (κ1) is 24.6. The molecule has 3 amide bonds. The predicted molar refractivity (Wildman–Crippen MR) is 108 cm³/mol. The van der Waals surface area contributed by atoms with Gasteiger partial charge in [0.2, 0.25) is 10.0 Å². The molecule has 0 unspecified atom stereocenters. The maximum absolute atomic E-state index is 12.8. The summed E-state index contributed by atoms with van der Waals surface area (Å²) in [6, 6.07) is -0.209. The van der Waals surface area contributed by atoms with E-state index in [2.05, 4.69) is 10.0 Å². The van der Waals surface area contributed by atoms with Crippen LogP contribution in [0, 0.1) is 27.7 Å². The zero-order chi connectivity index (χ0) is 22.5. The summed E-state index contributed by atoms with van der Waals surface area (Å²) < 4.78 is 32.7. The number of rotatable bonds is 7. The lowest BCUT2D eigenvalue weighted by Crippen LogP contribution is -2.45. The van der Waals surface area contributed by atoms with Crippen LogP contribution in [0.5, 0.6) is 0 Å². The molecule has 1 rings (SSSR count). The highest BCUT2D eigenvalue weighted by Crippen LogP contribution is 2.26. The normalized spacial score (nSPS) is 12.4. The second kappa shape index (κ2) is 9.84. The number of nitrogens with one attached hydrogen (secondary N) is 3. The van der Waals surface area contributed by atoms with Crippen LogP contribution < -0.4 is 15.4 Å². The minimum Gasteiger partial charge on any atom is -0.454 e. The molecule has 0 radical (unpaired) electrons. The van der Waals surface area contributed by atoms with Crippen molar-refractivity contribution in [2.75, 3.05) is 6.61 Å². The predicted octanol–water partition coefficient (Wildman–Crippen LogP) is 1.36. The number of hydrogen-bond acceptors (Lipinski definition) is 6. The molecule has 0 aliphatic rings. The number of carbonyl (C=O) groups excluding carboxylic acids is 3. The Morgan fingerprint density at radius 1 is 1.00 bits per heavy atom. The Labute approximate surface area is 171 Å². The van der Waals surface area contributed by atoms with Crippen LogP contribution in [0.15, 0.2) is 11.0 Å². The zero-order valence-corrected chi connectivity index (χ0v) is 18.6. The Morgan fingerprint density at radius 2 is 1.52 bits per heavy atom. The third kappa shape index (κ3) is 6.82. The van der Waals surface area contributed by atoms with Crippen LogP contribution in [0.1, 0.15) is 43.0 Å². The summed E-state index contributed by atoms with van der Waals surface area (Å²) >= 11 is 0. The molecule has 0 aliphatic carbocycles. The molecule has 3 N–H and O–H groups in total. The van der Waals surface area contributed by atoms with Crippen molar-refractivity contribution in [3.8, 4) is 0 Å². The Kier molecular flexibility index (Phi) is 8.34. The summed E-state index contributed by atoms with van der Waals surface area (Å²) in [6.45, 7) is 11.1. The highest BCUT2D eigenvalue weighted by Gasteiger charge is 2.27. The van der Waals surface area contributed by atoms with E-state index in [1.165, 1.54) is 6.92 Å². The average Bonchev–Trinajstić information content (AvgIpc) is 2.56. The number of hydrogen-bond donors (Lipinski definition) is 3. The number of esters is 1. The molecule has 162 valence electrons. The number of aryl methyl sites for hydroxylation is 2. The highest BCUT2D eigenvalue weighted by molar-refractivity contribution is 7.89. The molecule has 0 spiro atoms. The van der Waals surface area contributed by atoms with Crippen molar-refractivity contribution >= 4 is 27.9 Å². The topological polar surface area (TPSA) is 131 Å². The Morgan fingerprint density at radius 3 is 2.00 bits per heavy atom. The minimum absolute atomic E-state index is 0.123. The first-order valence-corrected chi connectivity index (χ1v) is 10.6. The van der Waals surface area contributed by atoms with Gasteiger partial charge in [-0.3, -0.25) is 14.9 Å². The van der Waals surface area contributed by atoms with Crippen molar-refractivity contribution in [1.82, 2.24) is 15.4 Å². The van der Waals surface area contributed by atoms with Crippen LogP contribution in [-0.4, -0.2) is 45.0 Å². The maximum atomic E-state index is 12.8. The van der Waals surface area contributed by atoms with E-state index >= 15 is 0 Å². The fraction of sp³-hybridized carbons (Fsp3) is 0.526. The maximum Gasteiger partial charge on any atom is 0.324 e. The fourth-order valence-electron chi connectivity index (χ4n) is 2.65. The molecule has 1 aromatic rings. The van der Waals surface area contributed by atoms with Crippen molar-refractivity contribution in [1.29, 1.82) is 0 Å². The van der Waals surface area contributed by atoms with Gasteiger partial charge < -0.3 is 10.1 Å². The number of ether oxygens (including phenoxy) is 1. The van der Waals surface area contributed by atoms with E-state index in [-0.39, 0.29) is 10.9 Å². The van der Waals surface area contributed by atoms with Crippen molar-refractivity contribution < 1.29 is 27.5 Å². The molecular weight excluding hydrogens is 398 g/mol. The molecule has 0 heterocycles. The van der Waals surface area contributed by atoms with Gasteiger partial charge in [-0.1, -0.05) is 6.07 Å². The third-order valence-electron chi connectivity index (χ3n) is 4.27. The molecule has 9 nitrogen and oxygen atoms in total. The van der Waals surface area contributed by atoms with Gasteiger partial charge in [0, 0.05) is 6.04 Å². The van der Waals surface area contributed by atoms with Crippen molar-refractivity contribution in [3.63, 3.8) is 0 Å². The zero-order valence-electron chi connectivity index (χ0n) is 17.8. The van der Waals surface area contributed by atoms with Gasteiger partial charge in [-0.25, -0.2) is 13.2 Å². The van der Waals surface area contributed by atoms with E-state index in [1.54, 1.807) is 27.7 Å². The molecule has 0 aliphatic heterocycles. The van der Waals surface area contributed by atoms with Crippen LogP contribution in [0.3, 0.4) is 0 Å². The molecule has 0 fully saturated rings. The van der Waals surface area contributed by atoms with Crippen LogP contribution in [0.25, 0.3) is 0 Å². The van der Waals surface area contributed by atoms with Crippen LogP contribution in [0.4, 0.5) is 4.79 Å². The van der Waals surface area contributed by atoms with Gasteiger partial charge >= 0.3 is 12.0 Å². The third-order valence-corrected chi connectivity index (χ3v) is 6.08. The van der Waals surface area contributed by atoms with Gasteiger partial charge in [-0.2, -0.15) is 4.72 Å². The minimum atomic E-state index is -4.00. The van der Waals surface area contributed by atoms with Crippen LogP contribution in [-0.2, 0) is 24.3 Å². The highest BCUT2D eigenvalue weighted by atomic mass is 32.2. The molecular formula is C19H29N3O6S. The molecule has 29 heavy (non-hydrogen) atoms. The summed E-state index contributed by atoms with van der Waals surface area (Å²) in [4.78, 5) is 35.3. The van der Waals surface area contributed by atoms with E-state index in [0.717, 1.165) is 11.1 Å². The fourth-order valence-corrected chi connectivity index (χ4v) is 4.45. The van der Waals surface area contributed by atoms with Gasteiger partial charge in [0.15, 0.2) is 6.61 Å². The number of amides is 3. The molecule has 0 saturated heterocycles. The quantitative estimate of drug-likeness (QED) is 0.563. The molecule has 0 saturated carbocycles. The summed E-state index contributed by atoms with van der Waals surface area (Å²) in [6.07, 6.45) is 0. The molecule has 0 bridgehead atoms. The molecule has 1 atom stereocenters. The Hall–Kier alpha value is -2.46. The monoisotopic (exact) mass is 427 g/mol. The first-order valence-electron chi connectivity index (χ1n) is 9.13. The first-order chi connectivity index (χ1) is 13.3. The van der Waals surface area contributed by atoms with Crippen LogP contribution in [0.2, 0.25) is 0 Å². The lowest BCUT2D eigenvalue weighted by molar-refractivity contribution is -0.149. The summed E-state index contributed by atoms with van der Waals surface area (Å²) in [7, 11) is -4.00. The van der Waals surface area contributed by atoms with Crippen molar-refractivity contribution in [3.05, 3.63) is 28.3 Å². The smallest absolute Gasteiger partial charge is 0.324 e. The lowest BCUT2D eigenvalue weighted by atomic mass is 10.0. The van der Waals surface area contributed by atoms with Gasteiger partial charge in [0.05, 0.1) is 4.90 Å². The number of urea groups is 1. The van der Waals surface area contributed by atoms with E-state index in [4.69, 9.17) is 4.74 Å². The standard InChI is InChI=1S/C19H29N3O6S/c1-10(2)20-19(25)21-16(23)9-28-18(24)15(7)22-29(26,27)17-13(5)11(3)8-12(4)14(17)6/h8,10,15,22H,9H2,1-7H3,(H2,20,21,23,25)/t15-/m0/s1. The Balaban J connectivity index is 2.78. The van der Waals surface area contributed by atoms with Gasteiger partial charge in [-0.05, 0) is 70.7 Å². The molecule has 10 heteroatoms. The van der Waals surface area contributed by atoms with Gasteiger partial charge in [0.1, 0.15) is 6.04 Å². The van der Waals surface area contributed by atoms with E-state index < -0.39 is 40.6 Å². The summed E-state index contributed by atoms with van der Waals surface area (Å²) in [5.41, 5.74) is 2.83. The number of carbonyl (C=O) groups is 3. The van der Waals surface area contributed by atoms with Gasteiger partial charge in [0.25, 0.3) is 5.91 Å². The molecule has 1 aromatic carbocycles. The van der Waals surface area contributed by atoms with E-state index in [9.17, 15) is 22.8 Å². The van der Waals surface area contributed by atoms with E-state index in [0.29, 0.717) is 11.1 Å². The number of sulfonamides is 1. The van der Waals surface area contributed by atoms with Gasteiger partial charge in [-0.15, -0.1) is 0 Å². The number of imide groups is 1. The summed E-state index contributed by atoms with van der Waals surface area (Å²) in [5, 5.41) is 4.45. The lowest BCUT2D eigenvalue weighted by Gasteiger charge is -2.18. The molecule has 0 aromatic heterocycles. The largest absolute Gasteiger partial charge is 0.454 e. The number of benzene rings is 1. The second-order valence-corrected chi connectivity index (χ2v) is 8.87. The SMILES string of the molecule is Cc1cc(C)c(C)c(S(=O)(=O)N[C@@H](C)C(=O)OCC(=O)NC(=O)NC(C)C)c1C. The average molecular weight is 428 g/mol. The van der Waals surface area contributed by atoms with E-state index in [1.807, 2.05) is 25.2 Å². The Bertz CT molecular complexity index is 883. The van der Waals surface area contributed by atoms with Crippen molar-refractivity contribution in [2.24, 2.45) is 0 Å². The van der Waals surface area contributed by atoms with Crippen LogP contribution >= 0.6 is 0 Å². The summed E-state index contributed by atoms with van der Waals surface area (Å²) in [5.74, 6) is -1.76.